The third kappa shape index (κ3) is 4.92. The van der Waals surface area contributed by atoms with Crippen LogP contribution in [-0.4, -0.2) is 30.7 Å². The van der Waals surface area contributed by atoms with Crippen LogP contribution in [0, 0.1) is 6.92 Å². The third-order valence-corrected chi connectivity index (χ3v) is 4.78. The number of nitrogens with two attached hydrogens (primary N) is 1. The summed E-state index contributed by atoms with van der Waals surface area (Å²) in [5.41, 5.74) is 10.2. The van der Waals surface area contributed by atoms with Gasteiger partial charge in [-0.3, -0.25) is 9.67 Å². The fourth-order valence-electron chi connectivity index (χ4n) is 2.68. The maximum atomic E-state index is 5.80. The number of aromatic nitrogens is 4. The minimum Gasteiger partial charge on any atom is -0.379 e. The number of aliphatic imine (C=N–C) groups is 1. The van der Waals surface area contributed by atoms with Crippen molar-refractivity contribution < 1.29 is 0 Å². The highest BCUT2D eigenvalue weighted by atomic mass is 32.2. The van der Waals surface area contributed by atoms with Gasteiger partial charge in [-0.05, 0) is 36.6 Å². The average Bonchev–Trinajstić information content (AvgIpc) is 3.06. The van der Waals surface area contributed by atoms with E-state index in [1.807, 2.05) is 44.7 Å². The number of aryl methyl sites for hydroxylation is 2. The Hall–Kier alpha value is -2.67. The maximum Gasteiger partial charge on any atom is 0.154 e. The second kappa shape index (κ2) is 8.62. The van der Waals surface area contributed by atoms with Crippen molar-refractivity contribution in [2.24, 2.45) is 17.8 Å². The van der Waals surface area contributed by atoms with Crippen LogP contribution in [0.25, 0.3) is 11.1 Å². The van der Waals surface area contributed by atoms with E-state index in [4.69, 9.17) is 5.73 Å². The summed E-state index contributed by atoms with van der Waals surface area (Å²) in [5.74, 6) is 1.03. The lowest BCUT2D eigenvalue weighted by atomic mass is 10.00. The summed E-state index contributed by atoms with van der Waals surface area (Å²) in [6.07, 6.45) is 8.13. The molecule has 3 aromatic rings. The quantitative estimate of drug-likeness (QED) is 0.752. The van der Waals surface area contributed by atoms with Gasteiger partial charge in [-0.1, -0.05) is 30.0 Å². The van der Waals surface area contributed by atoms with Gasteiger partial charge in [-0.15, -0.1) is 0 Å². The summed E-state index contributed by atoms with van der Waals surface area (Å²) in [5, 5.41) is 4.71. The topological polar surface area (TPSA) is 82.0 Å². The smallest absolute Gasteiger partial charge is 0.154 e. The molecule has 0 radical (unpaired) electrons. The first-order valence-corrected chi connectivity index (χ1v) is 9.38. The molecule has 6 nitrogen and oxygen atoms in total. The van der Waals surface area contributed by atoms with Crippen molar-refractivity contribution in [3.63, 3.8) is 0 Å². The van der Waals surface area contributed by atoms with Crippen LogP contribution in [0.4, 0.5) is 0 Å². The lowest BCUT2D eigenvalue weighted by Gasteiger charge is -2.18. The molecule has 1 atom stereocenters. The summed E-state index contributed by atoms with van der Waals surface area (Å²) < 4.78 is 1.79. The van der Waals surface area contributed by atoms with Gasteiger partial charge in [0.25, 0.3) is 0 Å². The number of hydrogen-bond donors (Lipinski definition) is 1. The first-order valence-electron chi connectivity index (χ1n) is 8.39. The molecule has 2 N–H and O–H groups in total. The van der Waals surface area contributed by atoms with E-state index in [0.29, 0.717) is 5.17 Å². The summed E-state index contributed by atoms with van der Waals surface area (Å²) in [6, 6.07) is 10.5. The molecule has 0 saturated carbocycles. The molecule has 0 aliphatic carbocycles. The molecule has 0 amide bonds. The predicted octanol–water partition coefficient (Wildman–Crippen LogP) is 3.36. The molecule has 1 unspecified atom stereocenters. The minimum absolute atomic E-state index is 0.172. The third-order valence-electron chi connectivity index (χ3n) is 3.94. The SMILES string of the molecule is Cc1ccn(C)n1.NC1=NC(c2cccc(-c3cncnc3)c2)CCS1. The van der Waals surface area contributed by atoms with Crippen molar-refractivity contribution in [2.75, 3.05) is 5.75 Å². The van der Waals surface area contributed by atoms with Crippen LogP contribution in [0.1, 0.15) is 23.7 Å². The van der Waals surface area contributed by atoms with E-state index in [1.54, 1.807) is 16.4 Å². The molecule has 26 heavy (non-hydrogen) atoms. The Morgan fingerprint density at radius 2 is 1.96 bits per heavy atom. The zero-order chi connectivity index (χ0) is 18.4. The standard InChI is InChI=1S/C14H14N4S.C5H8N2/c15-14-18-13(4-5-19-14)11-3-1-2-10(6-11)12-7-16-9-17-8-12;1-5-3-4-7(2)6-5/h1-3,6-9,13H,4-5H2,(H2,15,18);3-4H,1-2H3. The van der Waals surface area contributed by atoms with E-state index in [2.05, 4.69) is 38.3 Å². The van der Waals surface area contributed by atoms with Gasteiger partial charge < -0.3 is 5.73 Å². The zero-order valence-corrected chi connectivity index (χ0v) is 15.7. The summed E-state index contributed by atoms with van der Waals surface area (Å²) in [4.78, 5) is 12.6. The molecule has 7 heteroatoms. The van der Waals surface area contributed by atoms with Gasteiger partial charge in [-0.25, -0.2) is 9.97 Å². The summed E-state index contributed by atoms with van der Waals surface area (Å²) in [6.45, 7) is 1.97. The molecular formula is C19H22N6S. The van der Waals surface area contributed by atoms with Crippen molar-refractivity contribution in [1.82, 2.24) is 19.7 Å². The lowest BCUT2D eigenvalue weighted by molar-refractivity contribution is 0.704. The van der Waals surface area contributed by atoms with E-state index in [1.165, 1.54) is 11.9 Å². The van der Waals surface area contributed by atoms with Gasteiger partial charge in [0.1, 0.15) is 6.33 Å². The van der Waals surface area contributed by atoms with Crippen molar-refractivity contribution in [3.8, 4) is 11.1 Å². The second-order valence-electron chi connectivity index (χ2n) is 6.00. The number of benzene rings is 1. The normalized spacial score (nSPS) is 16.4. The molecule has 1 aromatic carbocycles. The highest BCUT2D eigenvalue weighted by Gasteiger charge is 2.16. The number of amidine groups is 1. The summed E-state index contributed by atoms with van der Waals surface area (Å²) in [7, 11) is 1.91. The Kier molecular flexibility index (Phi) is 6.01. The molecule has 0 saturated heterocycles. The van der Waals surface area contributed by atoms with Crippen molar-refractivity contribution in [1.29, 1.82) is 0 Å². The Bertz CT molecular complexity index is 858. The molecular weight excluding hydrogens is 344 g/mol. The highest BCUT2D eigenvalue weighted by Crippen LogP contribution is 2.30. The van der Waals surface area contributed by atoms with Gasteiger partial charge >= 0.3 is 0 Å². The van der Waals surface area contributed by atoms with Crippen molar-refractivity contribution in [3.05, 3.63) is 66.5 Å². The first-order chi connectivity index (χ1) is 12.6. The van der Waals surface area contributed by atoms with E-state index < -0.39 is 0 Å². The molecule has 0 bridgehead atoms. The lowest BCUT2D eigenvalue weighted by Crippen LogP contribution is -2.15. The van der Waals surface area contributed by atoms with Gasteiger partial charge in [0.05, 0.1) is 11.7 Å². The molecule has 4 rings (SSSR count). The highest BCUT2D eigenvalue weighted by molar-refractivity contribution is 8.13. The second-order valence-corrected chi connectivity index (χ2v) is 7.12. The number of hydrogen-bond acceptors (Lipinski definition) is 6. The van der Waals surface area contributed by atoms with Crippen LogP contribution in [0.3, 0.4) is 0 Å². The number of thioether (sulfide) groups is 1. The molecule has 2 aromatic heterocycles. The summed E-state index contributed by atoms with van der Waals surface area (Å²) >= 11 is 1.62. The number of rotatable bonds is 2. The van der Waals surface area contributed by atoms with Crippen molar-refractivity contribution in [2.45, 2.75) is 19.4 Å². The maximum absolute atomic E-state index is 5.80. The van der Waals surface area contributed by atoms with Crippen molar-refractivity contribution >= 4 is 16.9 Å². The molecule has 3 heterocycles. The Labute approximate surface area is 157 Å². The van der Waals surface area contributed by atoms with Gasteiger partial charge in [0.15, 0.2) is 5.17 Å². The predicted molar refractivity (Wildman–Crippen MR) is 107 cm³/mol. The van der Waals surface area contributed by atoms with Crippen LogP contribution in [0.2, 0.25) is 0 Å². The minimum atomic E-state index is 0.172. The fraction of sp³-hybridized carbons (Fsp3) is 0.263. The van der Waals surface area contributed by atoms with Crippen LogP contribution >= 0.6 is 11.8 Å². The van der Waals surface area contributed by atoms with E-state index in [0.717, 1.165) is 29.0 Å². The fourth-order valence-corrected chi connectivity index (χ4v) is 3.43. The largest absolute Gasteiger partial charge is 0.379 e. The van der Waals surface area contributed by atoms with E-state index in [-0.39, 0.29) is 6.04 Å². The molecule has 0 fully saturated rings. The van der Waals surface area contributed by atoms with Crippen LogP contribution < -0.4 is 5.73 Å². The average molecular weight is 366 g/mol. The van der Waals surface area contributed by atoms with Gasteiger partial charge in [0, 0.05) is 37.0 Å². The monoisotopic (exact) mass is 366 g/mol. The Morgan fingerprint density at radius 3 is 2.58 bits per heavy atom. The molecule has 1 aliphatic heterocycles. The van der Waals surface area contributed by atoms with Crippen LogP contribution in [0.5, 0.6) is 0 Å². The van der Waals surface area contributed by atoms with Crippen LogP contribution in [-0.2, 0) is 7.05 Å². The van der Waals surface area contributed by atoms with Gasteiger partial charge in [0.2, 0.25) is 0 Å². The Balaban J connectivity index is 0.000000236. The van der Waals surface area contributed by atoms with E-state index in [9.17, 15) is 0 Å². The first kappa shape index (κ1) is 18.1. The Morgan fingerprint density at radius 1 is 1.15 bits per heavy atom. The molecule has 0 spiro atoms. The molecule has 1 aliphatic rings. The molecule has 134 valence electrons. The van der Waals surface area contributed by atoms with Crippen LogP contribution in [0.15, 0.2) is 60.2 Å². The van der Waals surface area contributed by atoms with Gasteiger partial charge in [-0.2, -0.15) is 5.10 Å². The van der Waals surface area contributed by atoms with E-state index >= 15 is 0 Å². The zero-order valence-electron chi connectivity index (χ0n) is 14.9. The number of nitrogens with zero attached hydrogens (tertiary/aromatic N) is 5.